The average Bonchev–Trinajstić information content (AvgIpc) is 3.81. The van der Waals surface area contributed by atoms with Crippen molar-refractivity contribution in [2.45, 2.75) is 31.9 Å². The molecule has 1 atom stereocenters. The smallest absolute Gasteiger partial charge is 0.184 e. The maximum absolute atomic E-state index is 16.3. The van der Waals surface area contributed by atoms with E-state index in [1.165, 1.54) is 18.3 Å². The van der Waals surface area contributed by atoms with Gasteiger partial charge >= 0.3 is 0 Å². The molecule has 0 bridgehead atoms. The van der Waals surface area contributed by atoms with Crippen LogP contribution in [0.3, 0.4) is 0 Å². The number of pyridine rings is 3. The van der Waals surface area contributed by atoms with Crippen LogP contribution in [0.5, 0.6) is 0 Å². The number of aromatic amines is 2. The molecule has 11 nitrogen and oxygen atoms in total. The van der Waals surface area contributed by atoms with Crippen molar-refractivity contribution >= 4 is 33.4 Å². The van der Waals surface area contributed by atoms with Crippen molar-refractivity contribution < 1.29 is 13.9 Å². The Labute approximate surface area is 263 Å². The molecule has 0 radical (unpaired) electrons. The summed E-state index contributed by atoms with van der Waals surface area (Å²) in [7, 11) is 3.95. The van der Waals surface area contributed by atoms with Crippen molar-refractivity contribution in [2.75, 3.05) is 37.8 Å². The normalized spacial score (nSPS) is 14.5. The highest BCUT2D eigenvalue weighted by Gasteiger charge is 2.24. The van der Waals surface area contributed by atoms with Gasteiger partial charge in [0.25, 0.3) is 0 Å². The summed E-state index contributed by atoms with van der Waals surface area (Å²) in [5, 5.41) is 24.3. The second kappa shape index (κ2) is 12.4. The van der Waals surface area contributed by atoms with Crippen LogP contribution in [0.1, 0.15) is 25.7 Å². The van der Waals surface area contributed by atoms with Gasteiger partial charge in [-0.1, -0.05) is 12.8 Å². The summed E-state index contributed by atoms with van der Waals surface area (Å²) < 4.78 is 31.0. The fourth-order valence-electron chi connectivity index (χ4n) is 6.07. The Balaban J connectivity index is 1.23. The lowest BCUT2D eigenvalue weighted by Gasteiger charge is -2.20. The first-order valence-corrected chi connectivity index (χ1v) is 15.3. The van der Waals surface area contributed by atoms with Crippen LogP contribution >= 0.6 is 0 Å². The van der Waals surface area contributed by atoms with E-state index in [1.54, 1.807) is 30.7 Å². The molecule has 1 saturated carbocycles. The molecule has 5 heterocycles. The molecule has 1 fully saturated rings. The van der Waals surface area contributed by atoms with E-state index in [-0.39, 0.29) is 22.5 Å². The quantitative estimate of drug-likeness (QED) is 0.120. The number of imidazole rings is 1. The third-order valence-corrected chi connectivity index (χ3v) is 8.43. The predicted octanol–water partition coefficient (Wildman–Crippen LogP) is 5.80. The lowest BCUT2D eigenvalue weighted by molar-refractivity contribution is 0.137. The maximum Gasteiger partial charge on any atom is 0.184 e. The molecule has 1 aliphatic carbocycles. The van der Waals surface area contributed by atoms with E-state index < -0.39 is 17.9 Å². The van der Waals surface area contributed by atoms with E-state index in [4.69, 9.17) is 4.98 Å². The van der Waals surface area contributed by atoms with Crippen molar-refractivity contribution in [3.8, 4) is 33.9 Å². The van der Waals surface area contributed by atoms with Crippen LogP contribution in [-0.4, -0.2) is 78.5 Å². The topological polar surface area (TPSA) is 144 Å². The predicted molar refractivity (Wildman–Crippen MR) is 174 cm³/mol. The summed E-state index contributed by atoms with van der Waals surface area (Å²) >= 11 is 0. The van der Waals surface area contributed by atoms with E-state index in [9.17, 15) is 9.50 Å². The number of aromatic nitrogens is 7. The summed E-state index contributed by atoms with van der Waals surface area (Å²) in [6.45, 7) is 1.43. The number of nitrogens with zero attached hydrogens (tertiary/aromatic N) is 6. The molecular weight excluding hydrogens is 590 g/mol. The number of hydrogen-bond acceptors (Lipinski definition) is 9. The van der Waals surface area contributed by atoms with Gasteiger partial charge in [-0.15, -0.1) is 0 Å². The lowest BCUT2D eigenvalue weighted by Crippen LogP contribution is -2.26. The summed E-state index contributed by atoms with van der Waals surface area (Å²) in [4.78, 5) is 23.3. The Kier molecular flexibility index (Phi) is 8.01. The van der Waals surface area contributed by atoms with E-state index in [2.05, 4.69) is 40.8 Å². The molecule has 6 aromatic rings. The van der Waals surface area contributed by atoms with Crippen LogP contribution in [0.25, 0.3) is 56.0 Å². The molecule has 7 rings (SSSR count). The summed E-state index contributed by atoms with van der Waals surface area (Å²) in [5.41, 5.74) is 4.63. The van der Waals surface area contributed by atoms with Crippen molar-refractivity contribution in [2.24, 2.45) is 5.92 Å². The maximum atomic E-state index is 16.3. The average molecular weight is 625 g/mol. The zero-order chi connectivity index (χ0) is 31.8. The molecule has 1 unspecified atom stereocenters. The first-order valence-electron chi connectivity index (χ1n) is 15.3. The minimum atomic E-state index is -0.698. The standard InChI is InChI=1S/C33H34F2N10O/c1-45(2)10-9-37-22-12-19(11-21(34)14-22)28-29-25(7-8-38-28)41-32(42-29)30-26-27(35)24(17-39-31(26)44-43-30)20-13-23(16-36-15-20)40-33(46)18-5-3-4-6-18/h7-8,11-18,33,37,40,46H,3-6,9-10H2,1-2H3,(H,41,42)(H,39,43,44). The molecule has 0 spiro atoms. The number of likely N-dealkylation sites (N-methyl/N-ethyl adjacent to an activating group) is 1. The van der Waals surface area contributed by atoms with Gasteiger partial charge in [0, 0.05) is 60.0 Å². The van der Waals surface area contributed by atoms with Crippen LogP contribution in [0.15, 0.2) is 55.1 Å². The first-order chi connectivity index (χ1) is 22.3. The van der Waals surface area contributed by atoms with Gasteiger partial charge in [-0.25, -0.2) is 18.7 Å². The number of fused-ring (bicyclic) bond motifs is 2. The Bertz CT molecular complexity index is 2020. The fourth-order valence-corrected chi connectivity index (χ4v) is 6.07. The highest BCUT2D eigenvalue weighted by Crippen LogP contribution is 2.35. The van der Waals surface area contributed by atoms with Crippen LogP contribution in [0, 0.1) is 17.6 Å². The van der Waals surface area contributed by atoms with Crippen LogP contribution in [0.2, 0.25) is 0 Å². The zero-order valence-corrected chi connectivity index (χ0v) is 25.5. The van der Waals surface area contributed by atoms with Crippen LogP contribution < -0.4 is 10.6 Å². The Morgan fingerprint density at radius 2 is 1.85 bits per heavy atom. The second-order valence-corrected chi connectivity index (χ2v) is 12.0. The Hall–Kier alpha value is -5.01. The third-order valence-electron chi connectivity index (χ3n) is 8.43. The number of aliphatic hydroxyl groups excluding tert-OH is 1. The number of benzene rings is 1. The van der Waals surface area contributed by atoms with E-state index in [0.29, 0.717) is 57.3 Å². The highest BCUT2D eigenvalue weighted by atomic mass is 19.1. The number of rotatable bonds is 10. The van der Waals surface area contributed by atoms with Crippen molar-refractivity contribution in [3.05, 3.63) is 66.8 Å². The molecule has 1 aromatic carbocycles. The largest absolute Gasteiger partial charge is 0.384 e. The van der Waals surface area contributed by atoms with Gasteiger partial charge in [0.15, 0.2) is 11.5 Å². The van der Waals surface area contributed by atoms with Crippen molar-refractivity contribution in [1.82, 2.24) is 40.0 Å². The fraction of sp³-hybridized carbons (Fsp3) is 0.303. The van der Waals surface area contributed by atoms with Crippen LogP contribution in [0.4, 0.5) is 20.2 Å². The SMILES string of the molecule is CN(C)CCNc1cc(F)cc(-c2nccc3[nH]c(-c4[nH]nc5ncc(-c6cncc(NC(O)C7CCCC7)c6)c(F)c45)nc23)c1. The number of H-pyrrole nitrogens is 2. The molecule has 0 amide bonds. The van der Waals surface area contributed by atoms with Crippen molar-refractivity contribution in [3.63, 3.8) is 0 Å². The minimum Gasteiger partial charge on any atom is -0.384 e. The van der Waals surface area contributed by atoms with Gasteiger partial charge < -0.3 is 25.6 Å². The molecule has 5 aromatic heterocycles. The Morgan fingerprint density at radius 1 is 1.02 bits per heavy atom. The van der Waals surface area contributed by atoms with E-state index in [0.717, 1.165) is 32.2 Å². The van der Waals surface area contributed by atoms with E-state index >= 15 is 4.39 Å². The van der Waals surface area contributed by atoms with Gasteiger partial charge in [0.05, 0.1) is 28.5 Å². The summed E-state index contributed by atoms with van der Waals surface area (Å²) in [6, 6.07) is 8.20. The summed E-state index contributed by atoms with van der Waals surface area (Å²) in [5.74, 6) is -0.430. The number of halogens is 2. The van der Waals surface area contributed by atoms with Gasteiger partial charge in [-0.2, -0.15) is 5.10 Å². The zero-order valence-electron chi connectivity index (χ0n) is 25.5. The molecular formula is C33H34F2N10O. The number of anilines is 2. The van der Waals surface area contributed by atoms with Gasteiger partial charge in [0.2, 0.25) is 0 Å². The second-order valence-electron chi connectivity index (χ2n) is 12.0. The van der Waals surface area contributed by atoms with Gasteiger partial charge in [0.1, 0.15) is 29.1 Å². The molecule has 13 heteroatoms. The van der Waals surface area contributed by atoms with Gasteiger partial charge in [-0.3, -0.25) is 15.1 Å². The van der Waals surface area contributed by atoms with E-state index in [1.807, 2.05) is 25.1 Å². The molecule has 0 aliphatic heterocycles. The van der Waals surface area contributed by atoms with Gasteiger partial charge in [-0.05, 0) is 57.3 Å². The molecule has 1 aliphatic rings. The molecule has 236 valence electrons. The Morgan fingerprint density at radius 3 is 2.67 bits per heavy atom. The monoisotopic (exact) mass is 624 g/mol. The first kappa shape index (κ1) is 29.7. The van der Waals surface area contributed by atoms with Crippen LogP contribution in [-0.2, 0) is 0 Å². The number of aliphatic hydroxyl groups is 1. The highest BCUT2D eigenvalue weighted by molar-refractivity contribution is 5.97. The lowest BCUT2D eigenvalue weighted by atomic mass is 10.1. The minimum absolute atomic E-state index is 0.161. The number of nitrogens with one attached hydrogen (secondary N) is 4. The molecule has 46 heavy (non-hydrogen) atoms. The summed E-state index contributed by atoms with van der Waals surface area (Å²) in [6.07, 6.45) is 9.66. The third kappa shape index (κ3) is 5.86. The molecule has 5 N–H and O–H groups in total. The molecule has 0 saturated heterocycles. The number of hydrogen-bond donors (Lipinski definition) is 5. The van der Waals surface area contributed by atoms with Crippen molar-refractivity contribution in [1.29, 1.82) is 0 Å².